The quantitative estimate of drug-likeness (QED) is 0.284. The molecule has 33 heavy (non-hydrogen) atoms. The first kappa shape index (κ1) is 21.8. The molecule has 4 aromatic rings. The van der Waals surface area contributed by atoms with E-state index < -0.39 is 10.8 Å². The number of nitrogens with zero attached hydrogens (tertiary/aromatic N) is 1. The molecule has 0 saturated heterocycles. The lowest BCUT2D eigenvalue weighted by Gasteiger charge is -2.18. The maximum Gasteiger partial charge on any atom is 0.270 e. The number of hydrogen-bond donors (Lipinski definition) is 3. The van der Waals surface area contributed by atoms with Crippen LogP contribution in [0.4, 0.5) is 5.69 Å². The lowest BCUT2D eigenvalue weighted by Crippen LogP contribution is -2.38. The van der Waals surface area contributed by atoms with Crippen molar-refractivity contribution < 1.29 is 14.5 Å². The fourth-order valence-electron chi connectivity index (χ4n) is 3.78. The van der Waals surface area contributed by atoms with Gasteiger partial charge in [-0.15, -0.1) is 0 Å². The highest BCUT2D eigenvalue weighted by atomic mass is 16.6. The van der Waals surface area contributed by atoms with Crippen LogP contribution in [0, 0.1) is 10.1 Å². The van der Waals surface area contributed by atoms with E-state index in [-0.39, 0.29) is 29.6 Å². The molecule has 0 fully saturated rings. The van der Waals surface area contributed by atoms with Crippen LogP contribution in [-0.4, -0.2) is 34.8 Å². The highest BCUT2D eigenvalue weighted by Gasteiger charge is 2.19. The van der Waals surface area contributed by atoms with Gasteiger partial charge < -0.3 is 15.6 Å². The van der Waals surface area contributed by atoms with Crippen molar-refractivity contribution in [1.29, 1.82) is 0 Å². The van der Waals surface area contributed by atoms with Crippen LogP contribution in [0.5, 0.6) is 0 Å². The van der Waals surface area contributed by atoms with Crippen LogP contribution in [0.2, 0.25) is 0 Å². The number of non-ortho nitro benzene ring substituents is 1. The maximum atomic E-state index is 12.5. The molecule has 1 unspecified atom stereocenters. The molecule has 8 heteroatoms. The van der Waals surface area contributed by atoms with Gasteiger partial charge in [-0.1, -0.05) is 54.6 Å². The van der Waals surface area contributed by atoms with E-state index >= 15 is 0 Å². The number of carbonyl (C=O) groups is 2. The Balaban J connectivity index is 1.43. The van der Waals surface area contributed by atoms with Gasteiger partial charge in [0.15, 0.2) is 0 Å². The summed E-state index contributed by atoms with van der Waals surface area (Å²) in [6.45, 7) is 0.105. The number of hydrogen-bond acceptors (Lipinski definition) is 4. The van der Waals surface area contributed by atoms with Gasteiger partial charge in [-0.25, -0.2) is 0 Å². The van der Waals surface area contributed by atoms with Crippen LogP contribution in [0.25, 0.3) is 10.9 Å². The summed E-state index contributed by atoms with van der Waals surface area (Å²) in [6.07, 6.45) is 1.96. The summed E-state index contributed by atoms with van der Waals surface area (Å²) in [4.78, 5) is 38.4. The van der Waals surface area contributed by atoms with Crippen LogP contribution in [0.1, 0.15) is 27.4 Å². The summed E-state index contributed by atoms with van der Waals surface area (Å²) in [6, 6.07) is 23.2. The SMILES string of the molecule is O=C(CNC(=O)c1cccc([N+](=O)[O-])c1)NCC(c1ccccc1)c1c[nH]c2ccccc12. The average molecular weight is 442 g/mol. The van der Waals surface area contributed by atoms with Crippen LogP contribution >= 0.6 is 0 Å². The first-order valence-electron chi connectivity index (χ1n) is 10.4. The summed E-state index contributed by atoms with van der Waals surface area (Å²) >= 11 is 0. The Kier molecular flexibility index (Phi) is 6.45. The van der Waals surface area contributed by atoms with Crippen LogP contribution in [0.3, 0.4) is 0 Å². The first-order valence-corrected chi connectivity index (χ1v) is 10.4. The molecule has 1 atom stereocenters. The topological polar surface area (TPSA) is 117 Å². The minimum atomic E-state index is -0.572. The maximum absolute atomic E-state index is 12.5. The monoisotopic (exact) mass is 442 g/mol. The fraction of sp³-hybridized carbons (Fsp3) is 0.120. The third-order valence-electron chi connectivity index (χ3n) is 5.43. The predicted octanol–water partition coefficient (Wildman–Crippen LogP) is 3.75. The van der Waals surface area contributed by atoms with E-state index in [1.807, 2.05) is 60.8 Å². The van der Waals surface area contributed by atoms with Crippen molar-refractivity contribution in [3.05, 3.63) is 112 Å². The number of rotatable bonds is 8. The molecule has 8 nitrogen and oxygen atoms in total. The van der Waals surface area contributed by atoms with Gasteiger partial charge in [0, 0.05) is 47.3 Å². The largest absolute Gasteiger partial charge is 0.361 e. The Morgan fingerprint density at radius 1 is 0.939 bits per heavy atom. The van der Waals surface area contributed by atoms with Gasteiger partial charge >= 0.3 is 0 Å². The number of benzene rings is 3. The first-order chi connectivity index (χ1) is 16.0. The molecule has 4 rings (SSSR count). The molecule has 2 amide bonds. The van der Waals surface area contributed by atoms with Gasteiger partial charge in [-0.3, -0.25) is 19.7 Å². The highest BCUT2D eigenvalue weighted by Crippen LogP contribution is 2.30. The number of carbonyl (C=O) groups excluding carboxylic acids is 2. The molecule has 0 spiro atoms. The third-order valence-corrected chi connectivity index (χ3v) is 5.43. The number of nitrogens with one attached hydrogen (secondary N) is 3. The molecule has 3 aromatic carbocycles. The second-order valence-corrected chi connectivity index (χ2v) is 7.55. The Morgan fingerprint density at radius 2 is 1.70 bits per heavy atom. The lowest BCUT2D eigenvalue weighted by atomic mass is 9.91. The summed E-state index contributed by atoms with van der Waals surface area (Å²) in [5, 5.41) is 17.4. The number of aromatic amines is 1. The molecule has 3 N–H and O–H groups in total. The molecule has 0 aliphatic heterocycles. The molecular weight excluding hydrogens is 420 g/mol. The summed E-state index contributed by atoms with van der Waals surface area (Å²) in [7, 11) is 0. The van der Waals surface area contributed by atoms with E-state index in [1.54, 1.807) is 0 Å². The number of para-hydroxylation sites is 1. The number of nitro groups is 1. The zero-order chi connectivity index (χ0) is 23.2. The Morgan fingerprint density at radius 3 is 2.48 bits per heavy atom. The molecular formula is C25H22N4O4. The highest BCUT2D eigenvalue weighted by molar-refractivity contribution is 5.97. The fourth-order valence-corrected chi connectivity index (χ4v) is 3.78. The summed E-state index contributed by atoms with van der Waals surface area (Å²) in [5.41, 5.74) is 3.08. The normalized spacial score (nSPS) is 11.6. The molecule has 166 valence electrons. The van der Waals surface area contributed by atoms with Crippen molar-refractivity contribution in [3.63, 3.8) is 0 Å². The van der Waals surface area contributed by atoms with Gasteiger partial charge in [-0.2, -0.15) is 0 Å². The van der Waals surface area contributed by atoms with E-state index in [9.17, 15) is 19.7 Å². The number of amides is 2. The standard InChI is InChI=1S/C25H22N4O4/c30-24(16-28-25(31)18-9-6-10-19(13-18)29(32)33)27-14-21(17-7-2-1-3-8-17)22-15-26-23-12-5-4-11-20(22)23/h1-13,15,21,26H,14,16H2,(H,27,30)(H,28,31). The van der Waals surface area contributed by atoms with Crippen molar-refractivity contribution in [2.24, 2.45) is 0 Å². The second kappa shape index (κ2) is 9.78. The van der Waals surface area contributed by atoms with Crippen LogP contribution < -0.4 is 10.6 Å². The van der Waals surface area contributed by atoms with E-state index in [0.29, 0.717) is 6.54 Å². The second-order valence-electron chi connectivity index (χ2n) is 7.55. The molecule has 0 aliphatic carbocycles. The van der Waals surface area contributed by atoms with Crippen molar-refractivity contribution in [2.75, 3.05) is 13.1 Å². The predicted molar refractivity (Wildman–Crippen MR) is 125 cm³/mol. The zero-order valence-electron chi connectivity index (χ0n) is 17.7. The number of fused-ring (bicyclic) bond motifs is 1. The van der Waals surface area contributed by atoms with E-state index in [2.05, 4.69) is 15.6 Å². The van der Waals surface area contributed by atoms with E-state index in [1.165, 1.54) is 24.3 Å². The number of H-pyrrole nitrogens is 1. The smallest absolute Gasteiger partial charge is 0.270 e. The average Bonchev–Trinajstić information content (AvgIpc) is 3.27. The molecule has 0 saturated carbocycles. The minimum Gasteiger partial charge on any atom is -0.361 e. The zero-order valence-corrected chi connectivity index (χ0v) is 17.7. The minimum absolute atomic E-state index is 0.0845. The van der Waals surface area contributed by atoms with Gasteiger partial charge in [0.2, 0.25) is 5.91 Å². The van der Waals surface area contributed by atoms with Gasteiger partial charge in [-0.05, 0) is 23.3 Å². The molecule has 0 radical (unpaired) electrons. The number of aromatic nitrogens is 1. The van der Waals surface area contributed by atoms with Crippen molar-refractivity contribution in [3.8, 4) is 0 Å². The van der Waals surface area contributed by atoms with Crippen molar-refractivity contribution in [1.82, 2.24) is 15.6 Å². The molecule has 0 bridgehead atoms. The van der Waals surface area contributed by atoms with E-state index in [0.717, 1.165) is 22.0 Å². The van der Waals surface area contributed by atoms with Crippen LogP contribution in [-0.2, 0) is 4.79 Å². The van der Waals surface area contributed by atoms with Crippen LogP contribution in [0.15, 0.2) is 85.1 Å². The molecule has 0 aliphatic rings. The summed E-state index contributed by atoms with van der Waals surface area (Å²) < 4.78 is 0. The van der Waals surface area contributed by atoms with Crippen molar-refractivity contribution in [2.45, 2.75) is 5.92 Å². The summed E-state index contributed by atoms with van der Waals surface area (Å²) in [5.74, 6) is -0.988. The van der Waals surface area contributed by atoms with Gasteiger partial charge in [0.05, 0.1) is 11.5 Å². The number of nitro benzene ring substituents is 1. The van der Waals surface area contributed by atoms with E-state index in [4.69, 9.17) is 0 Å². The molecule has 1 aromatic heterocycles. The third kappa shape index (κ3) is 5.07. The molecule has 1 heterocycles. The van der Waals surface area contributed by atoms with Crippen molar-refractivity contribution >= 4 is 28.4 Å². The van der Waals surface area contributed by atoms with Gasteiger partial charge in [0.25, 0.3) is 11.6 Å². The Hall–Kier alpha value is -4.46. The van der Waals surface area contributed by atoms with Gasteiger partial charge in [0.1, 0.15) is 0 Å². The lowest BCUT2D eigenvalue weighted by molar-refractivity contribution is -0.384. The Bertz CT molecular complexity index is 1300. The Labute approximate surface area is 189 Å².